The number of rotatable bonds is 0. The molecule has 1 spiro atoms. The van der Waals surface area contributed by atoms with E-state index in [1.165, 1.54) is 0 Å². The van der Waals surface area contributed by atoms with E-state index in [9.17, 15) is 0 Å². The monoisotopic (exact) mass is 198 g/mol. The molecule has 0 amide bonds. The summed E-state index contributed by atoms with van der Waals surface area (Å²) in [7, 11) is 0. The van der Waals surface area contributed by atoms with E-state index in [4.69, 9.17) is 9.47 Å². The quantitative estimate of drug-likeness (QED) is 0.555. The Bertz CT molecular complexity index is 450. The van der Waals surface area contributed by atoms with Crippen molar-refractivity contribution >= 4 is 0 Å². The van der Waals surface area contributed by atoms with E-state index in [1.807, 2.05) is 18.2 Å². The van der Waals surface area contributed by atoms with Gasteiger partial charge in [0.1, 0.15) is 5.76 Å². The first kappa shape index (κ1) is 9.49. The van der Waals surface area contributed by atoms with Crippen LogP contribution in [-0.4, -0.2) is 5.79 Å². The molecule has 1 atom stereocenters. The molecule has 2 heterocycles. The minimum absolute atomic E-state index is 0.607. The minimum Gasteiger partial charge on any atom is -0.457 e. The summed E-state index contributed by atoms with van der Waals surface area (Å²) in [5.74, 6) is 10.9. The zero-order valence-electron chi connectivity index (χ0n) is 8.41. The van der Waals surface area contributed by atoms with Crippen molar-refractivity contribution in [1.29, 1.82) is 0 Å². The molecule has 0 aromatic carbocycles. The fourth-order valence-electron chi connectivity index (χ4n) is 1.36. The van der Waals surface area contributed by atoms with Gasteiger partial charge in [0.15, 0.2) is 0 Å². The Hall–Kier alpha value is -2.06. The molecule has 15 heavy (non-hydrogen) atoms. The van der Waals surface area contributed by atoms with Gasteiger partial charge in [0.05, 0.1) is 12.7 Å². The van der Waals surface area contributed by atoms with Crippen LogP contribution in [0.2, 0.25) is 0 Å². The van der Waals surface area contributed by atoms with Crippen molar-refractivity contribution < 1.29 is 9.47 Å². The highest BCUT2D eigenvalue weighted by molar-refractivity contribution is 5.35. The molecule has 74 valence electrons. The van der Waals surface area contributed by atoms with Crippen LogP contribution in [0.15, 0.2) is 36.3 Å². The van der Waals surface area contributed by atoms with Gasteiger partial charge in [-0.1, -0.05) is 11.8 Å². The van der Waals surface area contributed by atoms with Crippen LogP contribution in [-0.2, 0) is 9.47 Å². The van der Waals surface area contributed by atoms with Gasteiger partial charge in [-0.15, -0.1) is 0 Å². The van der Waals surface area contributed by atoms with Crippen molar-refractivity contribution in [2.45, 2.75) is 19.1 Å². The molecule has 0 saturated heterocycles. The molecule has 2 aliphatic heterocycles. The maximum Gasteiger partial charge on any atom is 0.274 e. The Morgan fingerprint density at radius 1 is 1.47 bits per heavy atom. The summed E-state index contributed by atoms with van der Waals surface area (Å²) >= 11 is 0. The van der Waals surface area contributed by atoms with E-state index in [0.29, 0.717) is 5.76 Å². The van der Waals surface area contributed by atoms with Crippen molar-refractivity contribution in [3.63, 3.8) is 0 Å². The lowest BCUT2D eigenvalue weighted by Gasteiger charge is -2.20. The first-order valence-electron chi connectivity index (χ1n) is 4.68. The SMILES string of the molecule is CC#CC#C/C=C1/C=CC2(CC=CO2)O1. The van der Waals surface area contributed by atoms with Crippen LogP contribution in [0, 0.1) is 23.7 Å². The Balaban J connectivity index is 2.02. The van der Waals surface area contributed by atoms with Gasteiger partial charge in [0.2, 0.25) is 0 Å². The van der Waals surface area contributed by atoms with E-state index < -0.39 is 5.79 Å². The van der Waals surface area contributed by atoms with E-state index in [2.05, 4.69) is 23.7 Å². The van der Waals surface area contributed by atoms with Crippen LogP contribution in [0.25, 0.3) is 0 Å². The topological polar surface area (TPSA) is 18.5 Å². The summed E-state index contributed by atoms with van der Waals surface area (Å²) < 4.78 is 11.0. The van der Waals surface area contributed by atoms with Gasteiger partial charge in [-0.3, -0.25) is 0 Å². The molecule has 2 nitrogen and oxygen atoms in total. The summed E-state index contributed by atoms with van der Waals surface area (Å²) in [6.07, 6.45) is 9.77. The average Bonchev–Trinajstić information content (AvgIpc) is 2.85. The van der Waals surface area contributed by atoms with Crippen LogP contribution < -0.4 is 0 Å². The molecule has 0 fully saturated rings. The average molecular weight is 198 g/mol. The van der Waals surface area contributed by atoms with Crippen molar-refractivity contribution in [3.05, 3.63) is 36.3 Å². The van der Waals surface area contributed by atoms with E-state index in [1.54, 1.807) is 19.3 Å². The molecule has 2 heteroatoms. The maximum atomic E-state index is 5.60. The molecule has 0 N–H and O–H groups in total. The van der Waals surface area contributed by atoms with Gasteiger partial charge in [-0.2, -0.15) is 0 Å². The molecule has 0 saturated carbocycles. The molecule has 1 unspecified atom stereocenters. The van der Waals surface area contributed by atoms with Crippen molar-refractivity contribution in [3.8, 4) is 23.7 Å². The molecule has 2 aliphatic rings. The Morgan fingerprint density at radius 3 is 3.13 bits per heavy atom. The van der Waals surface area contributed by atoms with Crippen molar-refractivity contribution in [2.24, 2.45) is 0 Å². The van der Waals surface area contributed by atoms with Crippen LogP contribution in [0.4, 0.5) is 0 Å². The largest absolute Gasteiger partial charge is 0.457 e. The molecule has 0 aliphatic carbocycles. The van der Waals surface area contributed by atoms with E-state index >= 15 is 0 Å². The lowest BCUT2D eigenvalue weighted by molar-refractivity contribution is -0.115. The Kier molecular flexibility index (Phi) is 2.52. The maximum absolute atomic E-state index is 5.60. The molecule has 2 rings (SSSR count). The van der Waals surface area contributed by atoms with Gasteiger partial charge in [0, 0.05) is 12.2 Å². The first-order valence-corrected chi connectivity index (χ1v) is 4.68. The normalized spacial score (nSPS) is 27.9. The number of hydrogen-bond donors (Lipinski definition) is 0. The Labute approximate surface area is 89.3 Å². The predicted molar refractivity (Wildman–Crippen MR) is 57.1 cm³/mol. The second-order valence-corrected chi connectivity index (χ2v) is 3.13. The van der Waals surface area contributed by atoms with Gasteiger partial charge >= 0.3 is 0 Å². The zero-order valence-corrected chi connectivity index (χ0v) is 8.41. The molecular formula is C13H10O2. The lowest BCUT2D eigenvalue weighted by atomic mass is 10.2. The smallest absolute Gasteiger partial charge is 0.274 e. The molecule has 0 bridgehead atoms. The van der Waals surface area contributed by atoms with E-state index in [-0.39, 0.29) is 0 Å². The highest BCUT2D eigenvalue weighted by Gasteiger charge is 2.36. The third kappa shape index (κ3) is 2.06. The highest BCUT2D eigenvalue weighted by atomic mass is 16.7. The number of allylic oxidation sites excluding steroid dienone is 2. The van der Waals surface area contributed by atoms with Crippen LogP contribution in [0.3, 0.4) is 0 Å². The van der Waals surface area contributed by atoms with E-state index in [0.717, 1.165) is 6.42 Å². The standard InChI is InChI=1S/C13H10O2/c1-2-3-4-5-7-12-8-10-13(15-12)9-6-11-14-13/h6-8,10-11H,9H2,1H3/b12-7-. The first-order chi connectivity index (χ1) is 7.35. The van der Waals surface area contributed by atoms with Gasteiger partial charge in [0.25, 0.3) is 5.79 Å². The summed E-state index contributed by atoms with van der Waals surface area (Å²) in [6, 6.07) is 0. The number of hydrogen-bond acceptors (Lipinski definition) is 2. The summed E-state index contributed by atoms with van der Waals surface area (Å²) in [6.45, 7) is 1.75. The van der Waals surface area contributed by atoms with Gasteiger partial charge in [-0.05, 0) is 30.9 Å². The minimum atomic E-state index is -0.607. The number of ether oxygens (including phenoxy) is 2. The summed E-state index contributed by atoms with van der Waals surface area (Å²) in [4.78, 5) is 0. The second-order valence-electron chi connectivity index (χ2n) is 3.13. The molecule has 0 radical (unpaired) electrons. The van der Waals surface area contributed by atoms with Crippen LogP contribution >= 0.6 is 0 Å². The summed E-state index contributed by atoms with van der Waals surface area (Å²) in [5.41, 5.74) is 0. The third-order valence-corrected chi connectivity index (χ3v) is 2.03. The lowest BCUT2D eigenvalue weighted by Crippen LogP contribution is -2.24. The van der Waals surface area contributed by atoms with Crippen LogP contribution in [0.5, 0.6) is 0 Å². The molecule has 0 aromatic heterocycles. The fourth-order valence-corrected chi connectivity index (χ4v) is 1.36. The molecular weight excluding hydrogens is 188 g/mol. The fraction of sp³-hybridized carbons (Fsp3) is 0.231. The van der Waals surface area contributed by atoms with Crippen molar-refractivity contribution in [1.82, 2.24) is 0 Å². The zero-order chi connectivity index (χ0) is 10.6. The highest BCUT2D eigenvalue weighted by Crippen LogP contribution is 2.34. The summed E-state index contributed by atoms with van der Waals surface area (Å²) in [5, 5.41) is 0. The molecule has 0 aromatic rings. The Morgan fingerprint density at radius 2 is 2.40 bits per heavy atom. The third-order valence-electron chi connectivity index (χ3n) is 2.03. The van der Waals surface area contributed by atoms with Crippen molar-refractivity contribution in [2.75, 3.05) is 0 Å². The predicted octanol–water partition coefficient (Wildman–Crippen LogP) is 2.11. The van der Waals surface area contributed by atoms with Crippen LogP contribution in [0.1, 0.15) is 13.3 Å². The second kappa shape index (κ2) is 3.98. The van der Waals surface area contributed by atoms with Gasteiger partial charge < -0.3 is 9.47 Å². The van der Waals surface area contributed by atoms with Gasteiger partial charge in [-0.25, -0.2) is 0 Å².